The maximum Gasteiger partial charge on any atom is 0.130 e. The van der Waals surface area contributed by atoms with Gasteiger partial charge in [0.1, 0.15) is 11.6 Å². The van der Waals surface area contributed by atoms with Crippen molar-refractivity contribution in [2.45, 2.75) is 45.3 Å². The highest BCUT2D eigenvalue weighted by molar-refractivity contribution is 5.19. The minimum Gasteiger partial charge on any atom is -0.309 e. The van der Waals surface area contributed by atoms with Crippen LogP contribution in [0.15, 0.2) is 18.2 Å². The number of piperazine rings is 1. The molecule has 0 aromatic heterocycles. The van der Waals surface area contributed by atoms with E-state index in [4.69, 9.17) is 0 Å². The molecule has 1 heterocycles. The molecule has 4 heteroatoms. The SMILES string of the molecule is CCC1(C)CN(Cc2ccc(F)cc2F)C(C)CN1. The van der Waals surface area contributed by atoms with Gasteiger partial charge < -0.3 is 5.32 Å². The van der Waals surface area contributed by atoms with Crippen LogP contribution in [-0.4, -0.2) is 29.6 Å². The maximum atomic E-state index is 13.7. The number of nitrogens with one attached hydrogen (secondary N) is 1. The normalized spacial score (nSPS) is 28.6. The van der Waals surface area contributed by atoms with Gasteiger partial charge in [0.25, 0.3) is 0 Å². The van der Waals surface area contributed by atoms with Crippen molar-refractivity contribution in [2.75, 3.05) is 13.1 Å². The molecule has 0 spiro atoms. The fourth-order valence-electron chi connectivity index (χ4n) is 2.50. The van der Waals surface area contributed by atoms with Crippen LogP contribution in [0.1, 0.15) is 32.8 Å². The predicted molar refractivity (Wildman–Crippen MR) is 72.9 cm³/mol. The van der Waals surface area contributed by atoms with E-state index in [0.717, 1.165) is 25.6 Å². The van der Waals surface area contributed by atoms with Crippen molar-refractivity contribution in [3.63, 3.8) is 0 Å². The lowest BCUT2D eigenvalue weighted by Crippen LogP contribution is -2.61. The number of hydrogen-bond acceptors (Lipinski definition) is 2. The molecule has 106 valence electrons. The molecule has 0 bridgehead atoms. The largest absolute Gasteiger partial charge is 0.309 e. The second kappa shape index (κ2) is 5.55. The van der Waals surface area contributed by atoms with Crippen molar-refractivity contribution in [3.05, 3.63) is 35.4 Å². The first-order valence-electron chi connectivity index (χ1n) is 6.86. The van der Waals surface area contributed by atoms with Crippen LogP contribution in [0.5, 0.6) is 0 Å². The van der Waals surface area contributed by atoms with Crippen LogP contribution < -0.4 is 5.32 Å². The van der Waals surface area contributed by atoms with E-state index in [2.05, 4.69) is 31.0 Å². The molecule has 1 aromatic carbocycles. The summed E-state index contributed by atoms with van der Waals surface area (Å²) in [6.45, 7) is 8.77. The molecule has 1 aromatic rings. The Bertz CT molecular complexity index is 450. The Hall–Kier alpha value is -1.00. The molecule has 2 atom stereocenters. The van der Waals surface area contributed by atoms with Crippen molar-refractivity contribution in [1.29, 1.82) is 0 Å². The highest BCUT2D eigenvalue weighted by Gasteiger charge is 2.32. The van der Waals surface area contributed by atoms with Crippen LogP contribution in [0, 0.1) is 11.6 Å². The maximum absolute atomic E-state index is 13.7. The predicted octanol–water partition coefficient (Wildman–Crippen LogP) is 2.93. The van der Waals surface area contributed by atoms with Crippen LogP contribution in [0.4, 0.5) is 8.78 Å². The van der Waals surface area contributed by atoms with Crippen LogP contribution in [-0.2, 0) is 6.54 Å². The lowest BCUT2D eigenvalue weighted by atomic mass is 9.93. The number of benzene rings is 1. The average Bonchev–Trinajstić information content (AvgIpc) is 2.37. The van der Waals surface area contributed by atoms with Gasteiger partial charge in [-0.2, -0.15) is 0 Å². The summed E-state index contributed by atoms with van der Waals surface area (Å²) < 4.78 is 26.6. The zero-order valence-corrected chi connectivity index (χ0v) is 11.8. The molecule has 0 saturated carbocycles. The molecule has 1 aliphatic heterocycles. The summed E-state index contributed by atoms with van der Waals surface area (Å²) in [6, 6.07) is 4.18. The van der Waals surface area contributed by atoms with E-state index in [1.54, 1.807) is 6.07 Å². The van der Waals surface area contributed by atoms with Crippen molar-refractivity contribution in [3.8, 4) is 0 Å². The highest BCUT2D eigenvalue weighted by Crippen LogP contribution is 2.22. The zero-order valence-electron chi connectivity index (χ0n) is 11.8. The van der Waals surface area contributed by atoms with Crippen molar-refractivity contribution >= 4 is 0 Å². The molecule has 1 saturated heterocycles. The second-order valence-electron chi connectivity index (χ2n) is 5.78. The van der Waals surface area contributed by atoms with E-state index < -0.39 is 11.6 Å². The van der Waals surface area contributed by atoms with Gasteiger partial charge in [-0.1, -0.05) is 13.0 Å². The summed E-state index contributed by atoms with van der Waals surface area (Å²) in [5.41, 5.74) is 0.636. The average molecular weight is 268 g/mol. The number of halogens is 2. The molecule has 2 rings (SSSR count). The standard InChI is InChI=1S/C15H22F2N2/c1-4-15(3)10-19(11(2)8-18-15)9-12-5-6-13(16)7-14(12)17/h5-7,11,18H,4,8-10H2,1-3H3. The van der Waals surface area contributed by atoms with Gasteiger partial charge >= 0.3 is 0 Å². The third kappa shape index (κ3) is 3.31. The quantitative estimate of drug-likeness (QED) is 0.906. The van der Waals surface area contributed by atoms with E-state index in [9.17, 15) is 8.78 Å². The Morgan fingerprint density at radius 2 is 2.16 bits per heavy atom. The Morgan fingerprint density at radius 3 is 2.79 bits per heavy atom. The molecule has 1 N–H and O–H groups in total. The smallest absolute Gasteiger partial charge is 0.130 e. The molecular formula is C15H22F2N2. The summed E-state index contributed by atoms with van der Waals surface area (Å²) in [4.78, 5) is 2.26. The second-order valence-corrected chi connectivity index (χ2v) is 5.78. The van der Waals surface area contributed by atoms with Crippen LogP contribution in [0.25, 0.3) is 0 Å². The summed E-state index contributed by atoms with van der Waals surface area (Å²) in [5, 5.41) is 3.54. The fraction of sp³-hybridized carbons (Fsp3) is 0.600. The highest BCUT2D eigenvalue weighted by atomic mass is 19.1. The zero-order chi connectivity index (χ0) is 14.0. The molecular weight excluding hydrogens is 246 g/mol. The summed E-state index contributed by atoms with van der Waals surface area (Å²) in [7, 11) is 0. The first-order chi connectivity index (χ1) is 8.93. The van der Waals surface area contributed by atoms with Gasteiger partial charge in [-0.05, 0) is 26.3 Å². The minimum absolute atomic E-state index is 0.0724. The molecule has 1 fully saturated rings. The Morgan fingerprint density at radius 1 is 1.42 bits per heavy atom. The Kier molecular flexibility index (Phi) is 4.21. The third-order valence-electron chi connectivity index (χ3n) is 4.17. The molecule has 0 radical (unpaired) electrons. The lowest BCUT2D eigenvalue weighted by Gasteiger charge is -2.45. The van der Waals surface area contributed by atoms with Crippen LogP contribution >= 0.6 is 0 Å². The topological polar surface area (TPSA) is 15.3 Å². The van der Waals surface area contributed by atoms with Gasteiger partial charge in [0, 0.05) is 42.8 Å². The Labute approximate surface area is 113 Å². The summed E-state index contributed by atoms with van der Waals surface area (Å²) >= 11 is 0. The van der Waals surface area contributed by atoms with Crippen molar-refractivity contribution < 1.29 is 8.78 Å². The lowest BCUT2D eigenvalue weighted by molar-refractivity contribution is 0.0855. The van der Waals surface area contributed by atoms with E-state index >= 15 is 0 Å². The van der Waals surface area contributed by atoms with Crippen molar-refractivity contribution in [1.82, 2.24) is 10.2 Å². The number of hydrogen-bond donors (Lipinski definition) is 1. The molecule has 1 aliphatic rings. The van der Waals surface area contributed by atoms with Crippen molar-refractivity contribution in [2.24, 2.45) is 0 Å². The van der Waals surface area contributed by atoms with Crippen LogP contribution in [0.3, 0.4) is 0 Å². The minimum atomic E-state index is -0.520. The Balaban J connectivity index is 2.12. The van der Waals surface area contributed by atoms with E-state index in [0.29, 0.717) is 18.2 Å². The molecule has 2 unspecified atom stereocenters. The van der Waals surface area contributed by atoms with Gasteiger partial charge in [0.15, 0.2) is 0 Å². The van der Waals surface area contributed by atoms with Gasteiger partial charge in [-0.3, -0.25) is 4.90 Å². The number of nitrogens with zero attached hydrogens (tertiary/aromatic N) is 1. The molecule has 0 aliphatic carbocycles. The van der Waals surface area contributed by atoms with Gasteiger partial charge in [0.2, 0.25) is 0 Å². The van der Waals surface area contributed by atoms with Gasteiger partial charge in [-0.15, -0.1) is 0 Å². The monoisotopic (exact) mass is 268 g/mol. The third-order valence-corrected chi connectivity index (χ3v) is 4.17. The molecule has 0 amide bonds. The summed E-state index contributed by atoms with van der Waals surface area (Å²) in [6.07, 6.45) is 1.03. The number of rotatable bonds is 3. The van der Waals surface area contributed by atoms with E-state index in [-0.39, 0.29) is 5.54 Å². The first-order valence-corrected chi connectivity index (χ1v) is 6.86. The fourth-order valence-corrected chi connectivity index (χ4v) is 2.50. The van der Waals surface area contributed by atoms with E-state index in [1.165, 1.54) is 6.07 Å². The van der Waals surface area contributed by atoms with Crippen LogP contribution in [0.2, 0.25) is 0 Å². The van der Waals surface area contributed by atoms with E-state index in [1.807, 2.05) is 0 Å². The van der Waals surface area contributed by atoms with Gasteiger partial charge in [0.05, 0.1) is 0 Å². The molecule has 2 nitrogen and oxygen atoms in total. The van der Waals surface area contributed by atoms with Gasteiger partial charge in [-0.25, -0.2) is 8.78 Å². The molecule has 19 heavy (non-hydrogen) atoms. The first kappa shape index (κ1) is 14.4. The summed E-state index contributed by atoms with van der Waals surface area (Å²) in [5.74, 6) is -0.975.